The molecule has 0 spiro atoms. The Balaban J connectivity index is 2.80. The zero-order valence-corrected chi connectivity index (χ0v) is 17.2. The molecule has 1 heterocycles. The van der Waals surface area contributed by atoms with E-state index in [0.717, 1.165) is 0 Å². The number of carbonyl (C=O) groups excluding carboxylic acids is 3. The van der Waals surface area contributed by atoms with E-state index in [1.807, 2.05) is 27.7 Å². The summed E-state index contributed by atoms with van der Waals surface area (Å²) in [5.74, 6) is -1.98. The van der Waals surface area contributed by atoms with Gasteiger partial charge in [-0.3, -0.25) is 19.2 Å². The van der Waals surface area contributed by atoms with Crippen LogP contribution in [0.5, 0.6) is 0 Å². The maximum atomic E-state index is 12.8. The SMILES string of the molecule is CC(C)C[C@H](NC(=O)[C@@H]1CCCN1C(=O)[C@@H](N)CC(C)C)C(=O)NCC(=O)O. The van der Waals surface area contributed by atoms with Crippen molar-refractivity contribution in [3.8, 4) is 0 Å². The van der Waals surface area contributed by atoms with Gasteiger partial charge in [0.05, 0.1) is 6.04 Å². The number of hydrogen-bond acceptors (Lipinski definition) is 5. The first-order valence-electron chi connectivity index (χ1n) is 9.88. The van der Waals surface area contributed by atoms with Gasteiger partial charge in [-0.2, -0.15) is 0 Å². The summed E-state index contributed by atoms with van der Waals surface area (Å²) in [4.78, 5) is 49.9. The van der Waals surface area contributed by atoms with E-state index < -0.39 is 42.5 Å². The molecule has 0 bridgehead atoms. The predicted octanol–water partition coefficient (Wildman–Crippen LogP) is 0.0825. The van der Waals surface area contributed by atoms with Gasteiger partial charge in [0.15, 0.2) is 0 Å². The van der Waals surface area contributed by atoms with Crippen LogP contribution in [0, 0.1) is 11.8 Å². The monoisotopic (exact) mass is 398 g/mol. The lowest BCUT2D eigenvalue weighted by atomic mass is 10.0. The number of hydrogen-bond donors (Lipinski definition) is 4. The number of nitrogens with zero attached hydrogens (tertiary/aromatic N) is 1. The average Bonchev–Trinajstić information content (AvgIpc) is 3.06. The van der Waals surface area contributed by atoms with Gasteiger partial charge in [-0.05, 0) is 37.5 Å². The second-order valence-corrected chi connectivity index (χ2v) is 8.23. The topological polar surface area (TPSA) is 142 Å². The maximum absolute atomic E-state index is 12.8. The Morgan fingerprint density at radius 2 is 1.71 bits per heavy atom. The summed E-state index contributed by atoms with van der Waals surface area (Å²) < 4.78 is 0. The summed E-state index contributed by atoms with van der Waals surface area (Å²) in [5, 5.41) is 13.7. The number of carboxylic acid groups (broad SMARTS) is 1. The summed E-state index contributed by atoms with van der Waals surface area (Å²) in [5.41, 5.74) is 6.00. The molecule has 1 aliphatic heterocycles. The molecular weight excluding hydrogens is 364 g/mol. The van der Waals surface area contributed by atoms with Crippen LogP contribution >= 0.6 is 0 Å². The van der Waals surface area contributed by atoms with Crippen molar-refractivity contribution in [2.24, 2.45) is 17.6 Å². The molecule has 3 atom stereocenters. The molecule has 3 amide bonds. The van der Waals surface area contributed by atoms with Gasteiger partial charge in [0.1, 0.15) is 18.6 Å². The van der Waals surface area contributed by atoms with Gasteiger partial charge in [-0.25, -0.2) is 0 Å². The highest BCUT2D eigenvalue weighted by atomic mass is 16.4. The molecule has 0 aliphatic carbocycles. The van der Waals surface area contributed by atoms with Gasteiger partial charge < -0.3 is 26.4 Å². The van der Waals surface area contributed by atoms with Crippen molar-refractivity contribution in [3.05, 3.63) is 0 Å². The summed E-state index contributed by atoms with van der Waals surface area (Å²) in [6.07, 6.45) is 2.11. The molecule has 0 aromatic heterocycles. The first-order valence-corrected chi connectivity index (χ1v) is 9.88. The van der Waals surface area contributed by atoms with E-state index in [0.29, 0.717) is 32.2 Å². The van der Waals surface area contributed by atoms with E-state index in [2.05, 4.69) is 10.6 Å². The highest BCUT2D eigenvalue weighted by Gasteiger charge is 2.37. The lowest BCUT2D eigenvalue weighted by molar-refractivity contribution is -0.141. The number of likely N-dealkylation sites (tertiary alicyclic amines) is 1. The maximum Gasteiger partial charge on any atom is 0.322 e. The Kier molecular flexibility index (Phi) is 9.37. The first kappa shape index (κ1) is 23.9. The lowest BCUT2D eigenvalue weighted by Gasteiger charge is -2.29. The molecule has 1 rings (SSSR count). The second kappa shape index (κ2) is 11.0. The Bertz CT molecular complexity index is 579. The molecule has 160 valence electrons. The van der Waals surface area contributed by atoms with Crippen molar-refractivity contribution in [3.63, 3.8) is 0 Å². The molecule has 0 unspecified atom stereocenters. The van der Waals surface area contributed by atoms with E-state index in [9.17, 15) is 19.2 Å². The van der Waals surface area contributed by atoms with E-state index in [-0.39, 0.29) is 17.7 Å². The number of amides is 3. The minimum absolute atomic E-state index is 0.113. The number of carboxylic acids is 1. The molecule has 28 heavy (non-hydrogen) atoms. The Hall–Kier alpha value is -2.16. The van der Waals surface area contributed by atoms with Crippen LogP contribution in [0.1, 0.15) is 53.4 Å². The average molecular weight is 399 g/mol. The first-order chi connectivity index (χ1) is 13.0. The molecular formula is C19H34N4O5. The van der Waals surface area contributed by atoms with Crippen molar-refractivity contribution in [2.75, 3.05) is 13.1 Å². The van der Waals surface area contributed by atoms with Crippen molar-refractivity contribution in [1.29, 1.82) is 0 Å². The quantitative estimate of drug-likeness (QED) is 0.411. The number of rotatable bonds is 10. The fraction of sp³-hybridized carbons (Fsp3) is 0.789. The van der Waals surface area contributed by atoms with Gasteiger partial charge in [0, 0.05) is 6.54 Å². The lowest BCUT2D eigenvalue weighted by Crippen LogP contribution is -2.55. The van der Waals surface area contributed by atoms with Crippen molar-refractivity contribution in [2.45, 2.75) is 71.5 Å². The Morgan fingerprint density at radius 1 is 1.11 bits per heavy atom. The number of nitrogens with one attached hydrogen (secondary N) is 2. The van der Waals surface area contributed by atoms with Crippen LogP contribution in [0.25, 0.3) is 0 Å². The molecule has 9 nitrogen and oxygen atoms in total. The minimum Gasteiger partial charge on any atom is -0.480 e. The van der Waals surface area contributed by atoms with Gasteiger partial charge >= 0.3 is 5.97 Å². The Morgan fingerprint density at radius 3 is 2.25 bits per heavy atom. The minimum atomic E-state index is -1.16. The molecule has 0 aromatic rings. The van der Waals surface area contributed by atoms with E-state index in [4.69, 9.17) is 10.8 Å². The Labute approximate surface area is 166 Å². The fourth-order valence-electron chi connectivity index (χ4n) is 3.38. The zero-order valence-electron chi connectivity index (χ0n) is 17.2. The van der Waals surface area contributed by atoms with Gasteiger partial charge in [0.25, 0.3) is 0 Å². The third-order valence-electron chi connectivity index (χ3n) is 4.63. The highest BCUT2D eigenvalue weighted by molar-refractivity contribution is 5.94. The summed E-state index contributed by atoms with van der Waals surface area (Å²) in [6, 6.07) is -2.17. The van der Waals surface area contributed by atoms with E-state index in [1.165, 1.54) is 4.90 Å². The van der Waals surface area contributed by atoms with Crippen molar-refractivity contribution in [1.82, 2.24) is 15.5 Å². The number of nitrogens with two attached hydrogens (primary N) is 1. The van der Waals surface area contributed by atoms with Crippen LogP contribution in [-0.4, -0.2) is 64.9 Å². The van der Waals surface area contributed by atoms with Crippen LogP contribution in [0.4, 0.5) is 0 Å². The van der Waals surface area contributed by atoms with Crippen LogP contribution in [0.2, 0.25) is 0 Å². The molecule has 1 saturated heterocycles. The third-order valence-corrected chi connectivity index (χ3v) is 4.63. The molecule has 5 N–H and O–H groups in total. The molecule has 1 fully saturated rings. The van der Waals surface area contributed by atoms with Gasteiger partial charge in [-0.1, -0.05) is 27.7 Å². The summed E-state index contributed by atoms with van der Waals surface area (Å²) in [6.45, 7) is 7.71. The highest BCUT2D eigenvalue weighted by Crippen LogP contribution is 2.20. The van der Waals surface area contributed by atoms with Crippen molar-refractivity contribution < 1.29 is 24.3 Å². The molecule has 1 aliphatic rings. The molecule has 0 radical (unpaired) electrons. The van der Waals surface area contributed by atoms with E-state index >= 15 is 0 Å². The normalized spacial score (nSPS) is 18.8. The van der Waals surface area contributed by atoms with Gasteiger partial charge in [-0.15, -0.1) is 0 Å². The molecule has 9 heteroatoms. The number of carbonyl (C=O) groups is 4. The standard InChI is InChI=1S/C19H34N4O5/c1-11(2)8-13(20)19(28)23-7-5-6-15(23)18(27)22-14(9-12(3)4)17(26)21-10-16(24)25/h11-15H,5-10,20H2,1-4H3,(H,21,26)(H,22,27)(H,24,25)/t13-,14-,15-/m0/s1. The van der Waals surface area contributed by atoms with Crippen LogP contribution < -0.4 is 16.4 Å². The molecule has 0 saturated carbocycles. The third kappa shape index (κ3) is 7.46. The molecule has 0 aromatic carbocycles. The van der Waals surface area contributed by atoms with E-state index in [1.54, 1.807) is 0 Å². The van der Waals surface area contributed by atoms with Gasteiger partial charge in [0.2, 0.25) is 17.7 Å². The van der Waals surface area contributed by atoms with Crippen LogP contribution in [0.15, 0.2) is 0 Å². The van der Waals surface area contributed by atoms with Crippen LogP contribution in [-0.2, 0) is 19.2 Å². The smallest absolute Gasteiger partial charge is 0.322 e. The second-order valence-electron chi connectivity index (χ2n) is 8.23. The number of aliphatic carboxylic acids is 1. The van der Waals surface area contributed by atoms with Crippen molar-refractivity contribution >= 4 is 23.7 Å². The van der Waals surface area contributed by atoms with Crippen LogP contribution in [0.3, 0.4) is 0 Å². The largest absolute Gasteiger partial charge is 0.480 e. The predicted molar refractivity (Wildman–Crippen MR) is 104 cm³/mol. The summed E-state index contributed by atoms with van der Waals surface area (Å²) in [7, 11) is 0. The zero-order chi connectivity index (χ0) is 21.4. The summed E-state index contributed by atoms with van der Waals surface area (Å²) >= 11 is 0. The fourth-order valence-corrected chi connectivity index (χ4v) is 3.38.